The van der Waals surface area contributed by atoms with Gasteiger partial charge in [0.2, 0.25) is 0 Å². The van der Waals surface area contributed by atoms with E-state index >= 15 is 0 Å². The van der Waals surface area contributed by atoms with Crippen LogP contribution in [0.1, 0.15) is 28.1 Å². The highest BCUT2D eigenvalue weighted by Crippen LogP contribution is 2.30. The minimum Gasteiger partial charge on any atom is -0.369 e. The summed E-state index contributed by atoms with van der Waals surface area (Å²) in [7, 11) is 0. The van der Waals surface area contributed by atoms with Gasteiger partial charge in [0.15, 0.2) is 0 Å². The topological polar surface area (TPSA) is 54.8 Å². The lowest BCUT2D eigenvalue weighted by molar-refractivity contribution is -0.141. The molecule has 0 aromatic carbocycles. The number of rotatable bonds is 4. The zero-order valence-electron chi connectivity index (χ0n) is 18.3. The van der Waals surface area contributed by atoms with Crippen LogP contribution >= 0.6 is 0 Å². The maximum absolute atomic E-state index is 12.9. The fourth-order valence-electron chi connectivity index (χ4n) is 3.88. The molecule has 0 bridgehead atoms. The second-order valence-electron chi connectivity index (χ2n) is 8.15. The molecule has 1 aliphatic heterocycles. The Kier molecular flexibility index (Phi) is 5.57. The van der Waals surface area contributed by atoms with Gasteiger partial charge in [-0.25, -0.2) is 0 Å². The van der Waals surface area contributed by atoms with E-state index in [2.05, 4.69) is 37.0 Å². The lowest BCUT2D eigenvalue weighted by Gasteiger charge is -2.25. The summed E-state index contributed by atoms with van der Waals surface area (Å²) in [6.07, 6.45) is 6.15. The van der Waals surface area contributed by atoms with Gasteiger partial charge in [0.05, 0.1) is 11.4 Å². The summed E-state index contributed by atoms with van der Waals surface area (Å²) in [6.45, 7) is 3.28. The van der Waals surface area contributed by atoms with E-state index in [4.69, 9.17) is 0 Å². The molecule has 0 radical (unpaired) electrons. The Morgan fingerprint density at radius 1 is 0.853 bits per heavy atom. The molecule has 0 aliphatic carbocycles. The molecule has 0 N–H and O–H groups in total. The number of pyridine rings is 4. The maximum atomic E-state index is 12.9. The monoisotopic (exact) mass is 459 g/mol. The summed E-state index contributed by atoms with van der Waals surface area (Å²) >= 11 is 0. The van der Waals surface area contributed by atoms with Crippen LogP contribution in [0.2, 0.25) is 0 Å². The molecule has 1 aliphatic rings. The number of alkyl halides is 3. The average molecular weight is 459 g/mol. The van der Waals surface area contributed by atoms with Crippen LogP contribution < -0.4 is 0 Å². The number of hydrogen-bond donors (Lipinski definition) is 0. The summed E-state index contributed by atoms with van der Waals surface area (Å²) in [5.41, 5.74) is 6.03. The minimum atomic E-state index is -4.49. The summed E-state index contributed by atoms with van der Waals surface area (Å²) < 4.78 is 38.8. The molecular formula is C26H20F3N5. The standard InChI is InChI=1S/C26H20F3N5/c1-17-10-20(4-7-30-17)24-11-19-6-9-34(16-22(19)14-33-24)15-18-2-3-23(32-13-18)21-5-8-31-25(12-21)26(27,28)29/h2-14H,15-16H2,1H3. The maximum Gasteiger partial charge on any atom is 0.433 e. The molecule has 8 heteroatoms. The van der Waals surface area contributed by atoms with Gasteiger partial charge >= 0.3 is 6.18 Å². The third kappa shape index (κ3) is 4.66. The Balaban J connectivity index is 1.29. The van der Waals surface area contributed by atoms with Crippen molar-refractivity contribution in [3.05, 3.63) is 102 Å². The largest absolute Gasteiger partial charge is 0.433 e. The molecule has 0 amide bonds. The second kappa shape index (κ2) is 8.70. The van der Waals surface area contributed by atoms with Gasteiger partial charge in [0.25, 0.3) is 0 Å². The van der Waals surface area contributed by atoms with Gasteiger partial charge < -0.3 is 4.90 Å². The van der Waals surface area contributed by atoms with Crippen molar-refractivity contribution in [2.75, 3.05) is 0 Å². The van der Waals surface area contributed by atoms with Crippen LogP contribution in [0.3, 0.4) is 0 Å². The van der Waals surface area contributed by atoms with Crippen LogP contribution in [0.25, 0.3) is 28.6 Å². The van der Waals surface area contributed by atoms with Crippen molar-refractivity contribution >= 4 is 6.08 Å². The molecule has 0 unspecified atom stereocenters. The van der Waals surface area contributed by atoms with Crippen molar-refractivity contribution in [1.82, 2.24) is 24.8 Å². The SMILES string of the molecule is Cc1cc(-c2cc3c(cn2)CN(Cc2ccc(-c4ccnc(C(F)(F)F)c4)nc2)C=C3)ccn1. The van der Waals surface area contributed by atoms with Crippen molar-refractivity contribution in [3.8, 4) is 22.5 Å². The fraction of sp³-hybridized carbons (Fsp3) is 0.154. The molecule has 0 saturated heterocycles. The molecule has 0 atom stereocenters. The molecule has 4 aromatic rings. The molecule has 5 heterocycles. The van der Waals surface area contributed by atoms with Crippen LogP contribution in [-0.2, 0) is 19.3 Å². The summed E-state index contributed by atoms with van der Waals surface area (Å²) in [5, 5.41) is 0. The van der Waals surface area contributed by atoms with Crippen LogP contribution in [-0.4, -0.2) is 24.8 Å². The Morgan fingerprint density at radius 3 is 2.35 bits per heavy atom. The van der Waals surface area contributed by atoms with Crippen LogP contribution in [0.5, 0.6) is 0 Å². The number of halogens is 3. The van der Waals surface area contributed by atoms with E-state index in [1.54, 1.807) is 18.5 Å². The fourth-order valence-corrected chi connectivity index (χ4v) is 3.88. The lowest BCUT2D eigenvalue weighted by Crippen LogP contribution is -2.20. The van der Waals surface area contributed by atoms with E-state index in [9.17, 15) is 13.2 Å². The van der Waals surface area contributed by atoms with Crippen LogP contribution in [0.4, 0.5) is 13.2 Å². The lowest BCUT2D eigenvalue weighted by atomic mass is 10.0. The van der Waals surface area contributed by atoms with Crippen molar-refractivity contribution in [2.24, 2.45) is 0 Å². The molecule has 4 aromatic heterocycles. The van der Waals surface area contributed by atoms with E-state index in [0.717, 1.165) is 45.9 Å². The summed E-state index contributed by atoms with van der Waals surface area (Å²) in [4.78, 5) is 18.8. The van der Waals surface area contributed by atoms with Crippen LogP contribution in [0.15, 0.2) is 73.5 Å². The number of aromatic nitrogens is 4. The smallest absolute Gasteiger partial charge is 0.369 e. The third-order valence-corrected chi connectivity index (χ3v) is 5.61. The highest BCUT2D eigenvalue weighted by Gasteiger charge is 2.32. The normalized spacial score (nSPS) is 13.1. The Hall–Kier alpha value is -4.07. The van der Waals surface area contributed by atoms with Gasteiger partial charge in [-0.1, -0.05) is 6.07 Å². The quantitative estimate of drug-likeness (QED) is 0.380. The van der Waals surface area contributed by atoms with Gasteiger partial charge in [0.1, 0.15) is 5.69 Å². The molecule has 34 heavy (non-hydrogen) atoms. The average Bonchev–Trinajstić information content (AvgIpc) is 2.84. The molecule has 5 nitrogen and oxygen atoms in total. The predicted octanol–water partition coefficient (Wildman–Crippen LogP) is 5.91. The van der Waals surface area contributed by atoms with Gasteiger partial charge in [-0.15, -0.1) is 0 Å². The number of fused-ring (bicyclic) bond motifs is 1. The van der Waals surface area contributed by atoms with E-state index in [-0.39, 0.29) is 0 Å². The van der Waals surface area contributed by atoms with Gasteiger partial charge in [-0.3, -0.25) is 19.9 Å². The van der Waals surface area contributed by atoms with E-state index in [1.165, 1.54) is 6.07 Å². The number of hydrogen-bond acceptors (Lipinski definition) is 5. The highest BCUT2D eigenvalue weighted by atomic mass is 19.4. The summed E-state index contributed by atoms with van der Waals surface area (Å²) in [6, 6.07) is 12.2. The zero-order chi connectivity index (χ0) is 23.7. The van der Waals surface area contributed by atoms with Gasteiger partial charge in [-0.05, 0) is 66.1 Å². The minimum absolute atomic E-state index is 0.381. The summed E-state index contributed by atoms with van der Waals surface area (Å²) in [5.74, 6) is 0. The van der Waals surface area contributed by atoms with E-state index < -0.39 is 11.9 Å². The molecule has 0 fully saturated rings. The predicted molar refractivity (Wildman–Crippen MR) is 123 cm³/mol. The Morgan fingerprint density at radius 2 is 1.62 bits per heavy atom. The van der Waals surface area contributed by atoms with Crippen LogP contribution in [0, 0.1) is 6.92 Å². The van der Waals surface area contributed by atoms with Crippen molar-refractivity contribution in [1.29, 1.82) is 0 Å². The van der Waals surface area contributed by atoms with E-state index in [0.29, 0.717) is 24.3 Å². The number of aryl methyl sites for hydroxylation is 1. The first-order valence-electron chi connectivity index (χ1n) is 10.7. The Bertz CT molecular complexity index is 1360. The first kappa shape index (κ1) is 21.8. The van der Waals surface area contributed by atoms with Gasteiger partial charge in [-0.2, -0.15) is 13.2 Å². The van der Waals surface area contributed by atoms with E-state index in [1.807, 2.05) is 37.5 Å². The second-order valence-corrected chi connectivity index (χ2v) is 8.15. The van der Waals surface area contributed by atoms with Gasteiger partial charge in [0, 0.05) is 60.9 Å². The molecule has 5 rings (SSSR count). The van der Waals surface area contributed by atoms with Crippen molar-refractivity contribution in [3.63, 3.8) is 0 Å². The molecule has 0 saturated carbocycles. The molecule has 0 spiro atoms. The van der Waals surface area contributed by atoms with Crippen molar-refractivity contribution in [2.45, 2.75) is 26.2 Å². The molecular weight excluding hydrogens is 439 g/mol. The Labute approximate surface area is 194 Å². The molecule has 170 valence electrons. The third-order valence-electron chi connectivity index (χ3n) is 5.61. The zero-order valence-corrected chi connectivity index (χ0v) is 18.3. The number of nitrogens with zero attached hydrogens (tertiary/aromatic N) is 5. The first-order valence-corrected chi connectivity index (χ1v) is 10.7. The van der Waals surface area contributed by atoms with Crippen molar-refractivity contribution < 1.29 is 13.2 Å². The first-order chi connectivity index (χ1) is 16.3. The highest BCUT2D eigenvalue weighted by molar-refractivity contribution is 5.66.